The van der Waals surface area contributed by atoms with Gasteiger partial charge in [0.1, 0.15) is 5.75 Å². The number of hydrogen-bond acceptors (Lipinski definition) is 3. The number of amides is 1. The topological polar surface area (TPSA) is 75.6 Å². The highest BCUT2D eigenvalue weighted by Crippen LogP contribution is 2.18. The van der Waals surface area contributed by atoms with Gasteiger partial charge in [0.05, 0.1) is 20.0 Å². The van der Waals surface area contributed by atoms with E-state index in [0.29, 0.717) is 18.6 Å². The smallest absolute Gasteiger partial charge is 0.305 e. The third-order valence-corrected chi connectivity index (χ3v) is 3.95. The van der Waals surface area contributed by atoms with Gasteiger partial charge in [0.15, 0.2) is 0 Å². The zero-order valence-electron chi connectivity index (χ0n) is 14.3. The summed E-state index contributed by atoms with van der Waals surface area (Å²) in [5.74, 6) is -0.476. The molecule has 0 saturated carbocycles. The van der Waals surface area contributed by atoms with E-state index in [4.69, 9.17) is 9.84 Å². The number of hydrogen-bond donors (Lipinski definition) is 2. The lowest BCUT2D eigenvalue weighted by atomic mass is 10.0. The van der Waals surface area contributed by atoms with Crippen LogP contribution in [0.3, 0.4) is 0 Å². The van der Waals surface area contributed by atoms with Gasteiger partial charge in [-0.2, -0.15) is 0 Å². The van der Waals surface area contributed by atoms with Crippen molar-refractivity contribution < 1.29 is 19.4 Å². The number of ether oxygens (including phenoxy) is 1. The summed E-state index contributed by atoms with van der Waals surface area (Å²) in [5, 5.41) is 11.9. The number of carbonyl (C=O) groups excluding carboxylic acids is 1. The largest absolute Gasteiger partial charge is 0.496 e. The van der Waals surface area contributed by atoms with E-state index >= 15 is 0 Å². The van der Waals surface area contributed by atoms with Gasteiger partial charge in [-0.3, -0.25) is 9.59 Å². The molecule has 0 aliphatic carbocycles. The number of carbonyl (C=O) groups is 2. The summed E-state index contributed by atoms with van der Waals surface area (Å²) < 4.78 is 5.25. The number of carboxylic acid groups (broad SMARTS) is 1. The fourth-order valence-corrected chi connectivity index (χ4v) is 2.72. The summed E-state index contributed by atoms with van der Waals surface area (Å²) in [5.41, 5.74) is 1.90. The van der Waals surface area contributed by atoms with Crippen molar-refractivity contribution in [1.29, 1.82) is 0 Å². The van der Waals surface area contributed by atoms with Crippen molar-refractivity contribution in [2.45, 2.75) is 31.7 Å². The lowest BCUT2D eigenvalue weighted by Crippen LogP contribution is -2.37. The highest BCUT2D eigenvalue weighted by atomic mass is 16.5. The lowest BCUT2D eigenvalue weighted by molar-refractivity contribution is -0.137. The van der Waals surface area contributed by atoms with Crippen LogP contribution in [-0.4, -0.2) is 30.1 Å². The summed E-state index contributed by atoms with van der Waals surface area (Å²) >= 11 is 0. The second-order valence-corrected chi connectivity index (χ2v) is 5.88. The fourth-order valence-electron chi connectivity index (χ4n) is 2.72. The number of carboxylic acids is 1. The van der Waals surface area contributed by atoms with E-state index in [-0.39, 0.29) is 18.7 Å². The molecule has 0 bridgehead atoms. The number of para-hydroxylation sites is 1. The molecule has 0 heterocycles. The van der Waals surface area contributed by atoms with Crippen LogP contribution in [0.4, 0.5) is 0 Å². The van der Waals surface area contributed by atoms with Gasteiger partial charge in [0, 0.05) is 11.6 Å². The molecule has 1 atom stereocenters. The third-order valence-electron chi connectivity index (χ3n) is 3.95. The molecule has 2 N–H and O–H groups in total. The monoisotopic (exact) mass is 341 g/mol. The van der Waals surface area contributed by atoms with Gasteiger partial charge in [-0.05, 0) is 24.5 Å². The zero-order chi connectivity index (χ0) is 18.1. The van der Waals surface area contributed by atoms with Crippen LogP contribution in [0, 0.1) is 0 Å². The zero-order valence-corrected chi connectivity index (χ0v) is 14.3. The standard InChI is InChI=1S/C20H23NO4/c1-25-18-10-6-5-9-16(18)13-19(22)21-17(14-20(23)24)12-11-15-7-3-2-4-8-15/h2-10,17H,11-14H2,1H3,(H,21,22)(H,23,24)/t17-/m0/s1. The van der Waals surface area contributed by atoms with Crippen LogP contribution in [0.25, 0.3) is 0 Å². The minimum Gasteiger partial charge on any atom is -0.496 e. The van der Waals surface area contributed by atoms with Crippen LogP contribution in [-0.2, 0) is 22.4 Å². The predicted octanol–water partition coefficient (Wildman–Crippen LogP) is 2.83. The Labute approximate surface area is 147 Å². The van der Waals surface area contributed by atoms with E-state index in [1.807, 2.05) is 48.5 Å². The minimum atomic E-state index is -0.921. The first kappa shape index (κ1) is 18.5. The normalized spacial score (nSPS) is 11.6. The van der Waals surface area contributed by atoms with E-state index in [1.54, 1.807) is 13.2 Å². The summed E-state index contributed by atoms with van der Waals surface area (Å²) in [6.07, 6.45) is 1.36. The Bertz CT molecular complexity index is 700. The Morgan fingerprint density at radius 2 is 1.76 bits per heavy atom. The SMILES string of the molecule is COc1ccccc1CC(=O)N[C@@H](CCc1ccccc1)CC(=O)O. The number of rotatable bonds is 9. The molecular weight excluding hydrogens is 318 g/mol. The minimum absolute atomic E-state index is 0.0928. The number of aliphatic carboxylic acids is 1. The molecule has 0 unspecified atom stereocenters. The van der Waals surface area contributed by atoms with Crippen LogP contribution >= 0.6 is 0 Å². The van der Waals surface area contributed by atoms with Crippen molar-refractivity contribution in [2.75, 3.05) is 7.11 Å². The van der Waals surface area contributed by atoms with Gasteiger partial charge in [0.25, 0.3) is 0 Å². The van der Waals surface area contributed by atoms with Crippen LogP contribution in [0.1, 0.15) is 24.0 Å². The van der Waals surface area contributed by atoms with Crippen molar-refractivity contribution in [3.05, 3.63) is 65.7 Å². The summed E-state index contributed by atoms with van der Waals surface area (Å²) in [4.78, 5) is 23.4. The van der Waals surface area contributed by atoms with Crippen LogP contribution in [0.2, 0.25) is 0 Å². The Balaban J connectivity index is 1.95. The van der Waals surface area contributed by atoms with E-state index in [2.05, 4.69) is 5.32 Å². The Hall–Kier alpha value is -2.82. The highest BCUT2D eigenvalue weighted by Gasteiger charge is 2.17. The molecular formula is C20H23NO4. The van der Waals surface area contributed by atoms with E-state index in [0.717, 1.165) is 11.1 Å². The molecule has 0 fully saturated rings. The molecule has 2 aromatic rings. The average molecular weight is 341 g/mol. The number of methoxy groups -OCH3 is 1. The maximum absolute atomic E-state index is 12.3. The van der Waals surface area contributed by atoms with Gasteiger partial charge in [-0.1, -0.05) is 48.5 Å². The molecule has 5 heteroatoms. The number of aryl methyl sites for hydroxylation is 1. The second kappa shape index (κ2) is 9.47. The quantitative estimate of drug-likeness (QED) is 0.735. The first-order chi connectivity index (χ1) is 12.1. The van der Waals surface area contributed by atoms with Gasteiger partial charge >= 0.3 is 5.97 Å². The van der Waals surface area contributed by atoms with Crippen LogP contribution < -0.4 is 10.1 Å². The van der Waals surface area contributed by atoms with Crippen LogP contribution in [0.15, 0.2) is 54.6 Å². The van der Waals surface area contributed by atoms with E-state index in [9.17, 15) is 9.59 Å². The van der Waals surface area contributed by atoms with Crippen molar-refractivity contribution >= 4 is 11.9 Å². The molecule has 5 nitrogen and oxygen atoms in total. The number of nitrogens with one attached hydrogen (secondary N) is 1. The summed E-state index contributed by atoms with van der Waals surface area (Å²) in [6.45, 7) is 0. The molecule has 25 heavy (non-hydrogen) atoms. The molecule has 1 amide bonds. The Morgan fingerprint density at radius 1 is 1.08 bits per heavy atom. The molecule has 2 rings (SSSR count). The Morgan fingerprint density at radius 3 is 2.44 bits per heavy atom. The number of benzene rings is 2. The van der Waals surface area contributed by atoms with Crippen LogP contribution in [0.5, 0.6) is 5.75 Å². The van der Waals surface area contributed by atoms with Crippen molar-refractivity contribution in [3.63, 3.8) is 0 Å². The molecule has 132 valence electrons. The van der Waals surface area contributed by atoms with Gasteiger partial charge in [-0.15, -0.1) is 0 Å². The average Bonchev–Trinajstić information content (AvgIpc) is 2.60. The first-order valence-corrected chi connectivity index (χ1v) is 8.25. The summed E-state index contributed by atoms with van der Waals surface area (Å²) in [7, 11) is 1.56. The van der Waals surface area contributed by atoms with Gasteiger partial charge in [0.2, 0.25) is 5.91 Å². The molecule has 0 saturated heterocycles. The predicted molar refractivity (Wildman–Crippen MR) is 95.6 cm³/mol. The lowest BCUT2D eigenvalue weighted by Gasteiger charge is -2.17. The molecule has 2 aromatic carbocycles. The fraction of sp³-hybridized carbons (Fsp3) is 0.300. The van der Waals surface area contributed by atoms with E-state index in [1.165, 1.54) is 0 Å². The highest BCUT2D eigenvalue weighted by molar-refractivity contribution is 5.80. The maximum Gasteiger partial charge on any atom is 0.305 e. The van der Waals surface area contributed by atoms with Crippen molar-refractivity contribution in [2.24, 2.45) is 0 Å². The molecule has 0 radical (unpaired) electrons. The Kier molecular flexibility index (Phi) is 7.01. The molecule has 0 aliphatic rings. The van der Waals surface area contributed by atoms with E-state index < -0.39 is 12.0 Å². The maximum atomic E-state index is 12.3. The molecule has 0 aliphatic heterocycles. The second-order valence-electron chi connectivity index (χ2n) is 5.88. The molecule has 0 aromatic heterocycles. The van der Waals surface area contributed by atoms with Gasteiger partial charge < -0.3 is 15.2 Å². The molecule has 0 spiro atoms. The van der Waals surface area contributed by atoms with Crippen molar-refractivity contribution in [1.82, 2.24) is 5.32 Å². The van der Waals surface area contributed by atoms with Gasteiger partial charge in [-0.25, -0.2) is 0 Å². The summed E-state index contributed by atoms with van der Waals surface area (Å²) in [6, 6.07) is 16.7. The van der Waals surface area contributed by atoms with Crippen molar-refractivity contribution in [3.8, 4) is 5.75 Å². The third kappa shape index (κ3) is 6.30. The first-order valence-electron chi connectivity index (χ1n) is 8.25.